The number of aliphatic hydroxyl groups excluding tert-OH is 1. The van der Waals surface area contributed by atoms with E-state index < -0.39 is 6.10 Å². The van der Waals surface area contributed by atoms with Gasteiger partial charge in [0, 0.05) is 6.54 Å². The molecule has 1 aromatic rings. The van der Waals surface area contributed by atoms with E-state index in [0.29, 0.717) is 16.8 Å². The number of anilines is 1. The van der Waals surface area contributed by atoms with Crippen LogP contribution < -0.4 is 5.32 Å². The molecule has 1 atom stereocenters. The Labute approximate surface area is 105 Å². The number of nitrogens with one attached hydrogen (secondary N) is 1. The van der Waals surface area contributed by atoms with Crippen molar-refractivity contribution in [2.75, 3.05) is 17.7 Å². The maximum atomic E-state index is 9.34. The number of alkyl halides is 1. The standard InChI is InChI=1S/C12H12ClN3O/c1-8-2-9(5-14)3-10(6-15)12(8)16-7-11(17)4-13/h2-3,11,16-17H,4,7H2,1H3. The number of hydrogen-bond acceptors (Lipinski definition) is 4. The van der Waals surface area contributed by atoms with Gasteiger partial charge in [0.25, 0.3) is 0 Å². The van der Waals surface area contributed by atoms with Gasteiger partial charge in [-0.25, -0.2) is 0 Å². The van der Waals surface area contributed by atoms with Crippen LogP contribution in [-0.4, -0.2) is 23.6 Å². The quantitative estimate of drug-likeness (QED) is 0.797. The third kappa shape index (κ3) is 3.35. The van der Waals surface area contributed by atoms with E-state index in [-0.39, 0.29) is 12.4 Å². The zero-order valence-electron chi connectivity index (χ0n) is 9.37. The fourth-order valence-corrected chi connectivity index (χ4v) is 1.56. The summed E-state index contributed by atoms with van der Waals surface area (Å²) in [6, 6.07) is 7.23. The fraction of sp³-hybridized carbons (Fsp3) is 0.333. The first-order valence-electron chi connectivity index (χ1n) is 5.05. The van der Waals surface area contributed by atoms with Crippen molar-refractivity contribution in [3.8, 4) is 12.1 Å². The van der Waals surface area contributed by atoms with Crippen LogP contribution in [0.25, 0.3) is 0 Å². The van der Waals surface area contributed by atoms with Crippen LogP contribution in [-0.2, 0) is 0 Å². The van der Waals surface area contributed by atoms with E-state index in [0.717, 1.165) is 5.56 Å². The van der Waals surface area contributed by atoms with E-state index in [1.807, 2.05) is 12.1 Å². The predicted molar refractivity (Wildman–Crippen MR) is 65.8 cm³/mol. The van der Waals surface area contributed by atoms with Gasteiger partial charge in [-0.05, 0) is 24.6 Å². The van der Waals surface area contributed by atoms with Gasteiger partial charge < -0.3 is 10.4 Å². The van der Waals surface area contributed by atoms with Crippen molar-refractivity contribution in [2.45, 2.75) is 13.0 Å². The first-order valence-corrected chi connectivity index (χ1v) is 5.58. The third-order valence-corrected chi connectivity index (χ3v) is 2.63. The molecule has 0 aliphatic rings. The van der Waals surface area contributed by atoms with Crippen LogP contribution in [0.15, 0.2) is 12.1 Å². The molecule has 0 heterocycles. The SMILES string of the molecule is Cc1cc(C#N)cc(C#N)c1NCC(O)CCl. The summed E-state index contributed by atoms with van der Waals surface area (Å²) in [5, 5.41) is 30.1. The largest absolute Gasteiger partial charge is 0.390 e. The molecule has 0 saturated carbocycles. The van der Waals surface area contributed by atoms with Crippen molar-refractivity contribution >= 4 is 17.3 Å². The number of aliphatic hydroxyl groups is 1. The van der Waals surface area contributed by atoms with Crippen LogP contribution >= 0.6 is 11.6 Å². The van der Waals surface area contributed by atoms with Gasteiger partial charge in [0.2, 0.25) is 0 Å². The van der Waals surface area contributed by atoms with Crippen LogP contribution in [0.1, 0.15) is 16.7 Å². The Bertz CT molecular complexity index is 488. The molecule has 0 bridgehead atoms. The highest BCUT2D eigenvalue weighted by molar-refractivity contribution is 6.18. The van der Waals surface area contributed by atoms with Gasteiger partial charge in [0.15, 0.2) is 0 Å². The second-order valence-electron chi connectivity index (χ2n) is 3.63. The molecule has 1 rings (SSSR count). The zero-order chi connectivity index (χ0) is 12.8. The number of rotatable bonds is 4. The van der Waals surface area contributed by atoms with Crippen LogP contribution in [0, 0.1) is 29.6 Å². The maximum absolute atomic E-state index is 9.34. The molecule has 0 amide bonds. The molecule has 1 unspecified atom stereocenters. The Morgan fingerprint density at radius 2 is 2.12 bits per heavy atom. The minimum Gasteiger partial charge on any atom is -0.390 e. The summed E-state index contributed by atoms with van der Waals surface area (Å²) < 4.78 is 0. The second-order valence-corrected chi connectivity index (χ2v) is 3.94. The van der Waals surface area contributed by atoms with Crippen LogP contribution in [0.2, 0.25) is 0 Å². The number of halogens is 1. The van der Waals surface area contributed by atoms with Crippen LogP contribution in [0.3, 0.4) is 0 Å². The van der Waals surface area contributed by atoms with Gasteiger partial charge in [-0.2, -0.15) is 10.5 Å². The molecular formula is C12H12ClN3O. The van der Waals surface area contributed by atoms with Crippen molar-refractivity contribution in [2.24, 2.45) is 0 Å². The normalized spacial score (nSPS) is 11.4. The smallest absolute Gasteiger partial charge is 0.101 e. The van der Waals surface area contributed by atoms with Crippen molar-refractivity contribution in [1.82, 2.24) is 0 Å². The van der Waals surface area contributed by atoms with Gasteiger partial charge in [-0.15, -0.1) is 11.6 Å². The molecule has 0 fully saturated rings. The van der Waals surface area contributed by atoms with Gasteiger partial charge in [-0.3, -0.25) is 0 Å². The highest BCUT2D eigenvalue weighted by atomic mass is 35.5. The van der Waals surface area contributed by atoms with E-state index in [1.54, 1.807) is 13.0 Å². The first-order chi connectivity index (χ1) is 8.12. The lowest BCUT2D eigenvalue weighted by Gasteiger charge is -2.14. The number of benzene rings is 1. The summed E-state index contributed by atoms with van der Waals surface area (Å²) in [5.74, 6) is 0.129. The third-order valence-electron chi connectivity index (χ3n) is 2.28. The van der Waals surface area contributed by atoms with Crippen LogP contribution in [0.5, 0.6) is 0 Å². The Hall–Kier alpha value is -1.75. The predicted octanol–water partition coefficient (Wildman–Crippen LogP) is 1.75. The molecule has 17 heavy (non-hydrogen) atoms. The fourth-order valence-electron chi connectivity index (χ4n) is 1.45. The minimum atomic E-state index is -0.668. The lowest BCUT2D eigenvalue weighted by molar-refractivity contribution is 0.211. The number of hydrogen-bond donors (Lipinski definition) is 2. The summed E-state index contributed by atoms with van der Waals surface area (Å²) in [5.41, 5.74) is 2.27. The van der Waals surface area contributed by atoms with E-state index in [1.165, 1.54) is 6.07 Å². The van der Waals surface area contributed by atoms with Gasteiger partial charge in [-0.1, -0.05) is 0 Å². The summed E-state index contributed by atoms with van der Waals surface area (Å²) in [7, 11) is 0. The maximum Gasteiger partial charge on any atom is 0.101 e. The van der Waals surface area contributed by atoms with Gasteiger partial charge in [0.05, 0.1) is 34.9 Å². The van der Waals surface area contributed by atoms with Gasteiger partial charge >= 0.3 is 0 Å². The highest BCUT2D eigenvalue weighted by Crippen LogP contribution is 2.22. The zero-order valence-corrected chi connectivity index (χ0v) is 10.1. The Morgan fingerprint density at radius 3 is 2.65 bits per heavy atom. The summed E-state index contributed by atoms with van der Waals surface area (Å²) in [6.07, 6.45) is -0.668. The van der Waals surface area contributed by atoms with Crippen molar-refractivity contribution in [1.29, 1.82) is 10.5 Å². The highest BCUT2D eigenvalue weighted by Gasteiger charge is 2.09. The number of aryl methyl sites for hydroxylation is 1. The molecule has 4 nitrogen and oxygen atoms in total. The van der Waals surface area contributed by atoms with E-state index in [9.17, 15) is 5.11 Å². The summed E-state index contributed by atoms with van der Waals surface area (Å²) in [4.78, 5) is 0. The molecule has 2 N–H and O–H groups in total. The Balaban J connectivity index is 3.00. The molecule has 0 spiro atoms. The topological polar surface area (TPSA) is 79.8 Å². The van der Waals surface area contributed by atoms with Crippen molar-refractivity contribution in [3.05, 3.63) is 28.8 Å². The Kier molecular flexibility index (Phi) is 4.78. The first kappa shape index (κ1) is 13.3. The second kappa shape index (κ2) is 6.10. The molecule has 88 valence electrons. The van der Waals surface area contributed by atoms with Crippen molar-refractivity contribution in [3.63, 3.8) is 0 Å². The number of nitriles is 2. The summed E-state index contributed by atoms with van der Waals surface area (Å²) in [6.45, 7) is 2.07. The van der Waals surface area contributed by atoms with E-state index in [2.05, 4.69) is 5.32 Å². The number of nitrogens with zero attached hydrogens (tertiary/aromatic N) is 2. The lowest BCUT2D eigenvalue weighted by atomic mass is 10.0. The van der Waals surface area contributed by atoms with E-state index in [4.69, 9.17) is 22.1 Å². The molecule has 0 radical (unpaired) electrons. The summed E-state index contributed by atoms with van der Waals surface area (Å²) >= 11 is 5.48. The Morgan fingerprint density at radius 1 is 1.41 bits per heavy atom. The van der Waals surface area contributed by atoms with Gasteiger partial charge in [0.1, 0.15) is 6.07 Å². The average molecular weight is 250 g/mol. The van der Waals surface area contributed by atoms with Crippen LogP contribution in [0.4, 0.5) is 5.69 Å². The van der Waals surface area contributed by atoms with Crippen molar-refractivity contribution < 1.29 is 5.11 Å². The minimum absolute atomic E-state index is 0.129. The molecular weight excluding hydrogens is 238 g/mol. The molecule has 5 heteroatoms. The molecule has 0 aromatic heterocycles. The van der Waals surface area contributed by atoms with E-state index >= 15 is 0 Å². The monoisotopic (exact) mass is 249 g/mol. The molecule has 0 saturated heterocycles. The lowest BCUT2D eigenvalue weighted by Crippen LogP contribution is -2.21. The average Bonchev–Trinajstić information content (AvgIpc) is 2.35. The molecule has 1 aromatic carbocycles. The molecule has 0 aliphatic carbocycles. The molecule has 0 aliphatic heterocycles.